The van der Waals surface area contributed by atoms with Crippen molar-refractivity contribution in [2.45, 2.75) is 40.4 Å². The molecule has 118 valence electrons. The first-order valence-electron chi connectivity index (χ1n) is 7.43. The van der Waals surface area contributed by atoms with Crippen molar-refractivity contribution in [3.8, 4) is 5.75 Å². The zero-order chi connectivity index (χ0) is 15.7. The third-order valence-electron chi connectivity index (χ3n) is 2.88. The average molecular weight is 294 g/mol. The molecule has 4 heteroatoms. The minimum atomic E-state index is 0.0221. The van der Waals surface area contributed by atoms with E-state index in [-0.39, 0.29) is 24.4 Å². The van der Waals surface area contributed by atoms with Gasteiger partial charge < -0.3 is 14.2 Å². The van der Waals surface area contributed by atoms with Gasteiger partial charge in [0.25, 0.3) is 0 Å². The lowest BCUT2D eigenvalue weighted by molar-refractivity contribution is -0.126. The molecule has 0 saturated heterocycles. The van der Waals surface area contributed by atoms with Crippen molar-refractivity contribution >= 4 is 5.78 Å². The first kappa shape index (κ1) is 17.7. The molecule has 4 nitrogen and oxygen atoms in total. The Labute approximate surface area is 127 Å². The zero-order valence-corrected chi connectivity index (χ0v) is 13.4. The topological polar surface area (TPSA) is 44.8 Å². The maximum atomic E-state index is 11.4. The molecule has 1 aromatic rings. The lowest BCUT2D eigenvalue weighted by atomic mass is 10.1. The van der Waals surface area contributed by atoms with Crippen LogP contribution in [0.25, 0.3) is 0 Å². The molecule has 0 aliphatic heterocycles. The van der Waals surface area contributed by atoms with E-state index in [1.165, 1.54) is 0 Å². The van der Waals surface area contributed by atoms with Gasteiger partial charge in [-0.15, -0.1) is 0 Å². The van der Waals surface area contributed by atoms with Crippen LogP contribution in [-0.2, 0) is 20.9 Å². The first-order valence-corrected chi connectivity index (χ1v) is 7.43. The summed E-state index contributed by atoms with van der Waals surface area (Å²) >= 11 is 0. The van der Waals surface area contributed by atoms with E-state index in [1.807, 2.05) is 52.0 Å². The molecule has 0 aliphatic carbocycles. The van der Waals surface area contributed by atoms with Gasteiger partial charge in [-0.1, -0.05) is 26.0 Å². The van der Waals surface area contributed by atoms with Crippen LogP contribution >= 0.6 is 0 Å². The Balaban J connectivity index is 2.25. The molecular weight excluding hydrogens is 268 g/mol. The minimum Gasteiger partial charge on any atom is -0.491 e. The molecule has 1 rings (SSSR count). The van der Waals surface area contributed by atoms with Gasteiger partial charge in [0.05, 0.1) is 19.3 Å². The molecule has 0 aliphatic rings. The third-order valence-corrected chi connectivity index (χ3v) is 2.88. The van der Waals surface area contributed by atoms with E-state index in [0.717, 1.165) is 11.3 Å². The number of benzene rings is 1. The number of carbonyl (C=O) groups is 1. The summed E-state index contributed by atoms with van der Waals surface area (Å²) in [6.07, 6.45) is 0.224. The number of Topliss-reactive ketones (excluding diaryl/α,β-unsaturated/α-hetero) is 1. The highest BCUT2D eigenvalue weighted by Gasteiger charge is 2.06. The Morgan fingerprint density at radius 2 is 1.71 bits per heavy atom. The quantitative estimate of drug-likeness (QED) is 0.621. The Bertz CT molecular complexity index is 409. The van der Waals surface area contributed by atoms with E-state index in [0.29, 0.717) is 19.8 Å². The summed E-state index contributed by atoms with van der Waals surface area (Å²) < 4.78 is 16.4. The van der Waals surface area contributed by atoms with Crippen molar-refractivity contribution < 1.29 is 19.0 Å². The van der Waals surface area contributed by atoms with Gasteiger partial charge in [0.15, 0.2) is 5.78 Å². The fourth-order valence-electron chi connectivity index (χ4n) is 1.56. The standard InChI is InChI=1S/C17H26O4/c1-13(2)17(18)12-19-11-15-5-7-16(8-6-15)21-10-9-20-14(3)4/h5-8,13-14H,9-12H2,1-4H3. The Kier molecular flexibility index (Phi) is 8.01. The fourth-order valence-corrected chi connectivity index (χ4v) is 1.56. The smallest absolute Gasteiger partial charge is 0.160 e. The van der Waals surface area contributed by atoms with Crippen LogP contribution < -0.4 is 4.74 Å². The maximum Gasteiger partial charge on any atom is 0.160 e. The second kappa shape index (κ2) is 9.53. The molecule has 0 fully saturated rings. The molecule has 0 saturated carbocycles. The van der Waals surface area contributed by atoms with Gasteiger partial charge in [0, 0.05) is 5.92 Å². The first-order chi connectivity index (χ1) is 9.99. The minimum absolute atomic E-state index is 0.0221. The summed E-state index contributed by atoms with van der Waals surface area (Å²) in [7, 11) is 0. The largest absolute Gasteiger partial charge is 0.491 e. The van der Waals surface area contributed by atoms with Crippen molar-refractivity contribution in [3.05, 3.63) is 29.8 Å². The molecule has 0 spiro atoms. The van der Waals surface area contributed by atoms with E-state index in [9.17, 15) is 4.79 Å². The van der Waals surface area contributed by atoms with E-state index >= 15 is 0 Å². The molecule has 0 N–H and O–H groups in total. The maximum absolute atomic E-state index is 11.4. The molecule has 0 radical (unpaired) electrons. The number of ketones is 1. The van der Waals surface area contributed by atoms with Crippen molar-refractivity contribution in [1.29, 1.82) is 0 Å². The molecule has 0 bridgehead atoms. The van der Waals surface area contributed by atoms with Crippen molar-refractivity contribution in [2.75, 3.05) is 19.8 Å². The SMILES string of the molecule is CC(C)OCCOc1ccc(COCC(=O)C(C)C)cc1. The average Bonchev–Trinajstić information content (AvgIpc) is 2.44. The van der Waals surface area contributed by atoms with Gasteiger partial charge in [0.2, 0.25) is 0 Å². The van der Waals surface area contributed by atoms with Crippen LogP contribution in [0.4, 0.5) is 0 Å². The van der Waals surface area contributed by atoms with Gasteiger partial charge >= 0.3 is 0 Å². The van der Waals surface area contributed by atoms with Crippen LogP contribution in [0.3, 0.4) is 0 Å². The normalized spacial score (nSPS) is 11.1. The van der Waals surface area contributed by atoms with Gasteiger partial charge in [-0.25, -0.2) is 0 Å². The highest BCUT2D eigenvalue weighted by atomic mass is 16.5. The highest BCUT2D eigenvalue weighted by molar-refractivity contribution is 5.81. The van der Waals surface area contributed by atoms with Crippen LogP contribution in [0.2, 0.25) is 0 Å². The number of ether oxygens (including phenoxy) is 3. The Morgan fingerprint density at radius 3 is 2.29 bits per heavy atom. The van der Waals surface area contributed by atoms with E-state index in [2.05, 4.69) is 0 Å². The summed E-state index contributed by atoms with van der Waals surface area (Å²) in [5.41, 5.74) is 1.03. The van der Waals surface area contributed by atoms with Crippen molar-refractivity contribution in [1.82, 2.24) is 0 Å². The van der Waals surface area contributed by atoms with Gasteiger partial charge in [-0.05, 0) is 31.5 Å². The molecule has 0 aromatic heterocycles. The molecule has 0 heterocycles. The van der Waals surface area contributed by atoms with Crippen molar-refractivity contribution in [3.63, 3.8) is 0 Å². The molecule has 0 unspecified atom stereocenters. The molecule has 0 atom stereocenters. The number of rotatable bonds is 10. The van der Waals surface area contributed by atoms with E-state index < -0.39 is 0 Å². The lowest BCUT2D eigenvalue weighted by Gasteiger charge is -2.10. The lowest BCUT2D eigenvalue weighted by Crippen LogP contribution is -2.14. The summed E-state index contributed by atoms with van der Waals surface area (Å²) in [6, 6.07) is 7.69. The van der Waals surface area contributed by atoms with Crippen molar-refractivity contribution in [2.24, 2.45) is 5.92 Å². The van der Waals surface area contributed by atoms with Crippen LogP contribution in [0.5, 0.6) is 5.75 Å². The Hall–Kier alpha value is -1.39. The molecule has 21 heavy (non-hydrogen) atoms. The number of hydrogen-bond acceptors (Lipinski definition) is 4. The summed E-state index contributed by atoms with van der Waals surface area (Å²) in [4.78, 5) is 11.4. The summed E-state index contributed by atoms with van der Waals surface area (Å²) in [5.74, 6) is 0.957. The third kappa shape index (κ3) is 7.83. The van der Waals surface area contributed by atoms with E-state index in [1.54, 1.807) is 0 Å². The monoisotopic (exact) mass is 294 g/mol. The molecule has 0 amide bonds. The number of hydrogen-bond donors (Lipinski definition) is 0. The Morgan fingerprint density at radius 1 is 1.05 bits per heavy atom. The predicted octanol–water partition coefficient (Wildman–Crippen LogP) is 3.23. The predicted molar refractivity (Wildman–Crippen MR) is 82.5 cm³/mol. The second-order valence-electron chi connectivity index (χ2n) is 5.53. The summed E-state index contributed by atoms with van der Waals surface area (Å²) in [5, 5.41) is 0. The van der Waals surface area contributed by atoms with Gasteiger partial charge in [0.1, 0.15) is 19.0 Å². The van der Waals surface area contributed by atoms with Crippen LogP contribution in [0, 0.1) is 5.92 Å². The summed E-state index contributed by atoms with van der Waals surface area (Å²) in [6.45, 7) is 9.48. The van der Waals surface area contributed by atoms with Crippen LogP contribution in [0.1, 0.15) is 33.3 Å². The molecular formula is C17H26O4. The molecule has 1 aromatic carbocycles. The van der Waals surface area contributed by atoms with Crippen LogP contribution in [0.15, 0.2) is 24.3 Å². The zero-order valence-electron chi connectivity index (χ0n) is 13.4. The number of carbonyl (C=O) groups excluding carboxylic acids is 1. The van der Waals surface area contributed by atoms with Gasteiger partial charge in [-0.2, -0.15) is 0 Å². The second-order valence-corrected chi connectivity index (χ2v) is 5.53. The van der Waals surface area contributed by atoms with E-state index in [4.69, 9.17) is 14.2 Å². The van der Waals surface area contributed by atoms with Gasteiger partial charge in [-0.3, -0.25) is 4.79 Å². The fraction of sp³-hybridized carbons (Fsp3) is 0.588. The highest BCUT2D eigenvalue weighted by Crippen LogP contribution is 2.13. The van der Waals surface area contributed by atoms with Crippen LogP contribution in [-0.4, -0.2) is 31.7 Å².